The molecule has 0 N–H and O–H groups in total. The standard InChI is InChI=1S/C27H26N2O5S2/c30-24(12-8-22-5-2-1-3-6-22)13-9-23-10-14-25(15-11-23)34-19-18-28-16-17-29(21-26(28)31)36(32,33)27-7-4-20-35-27/h1-15,20H,16-19,21H2. The number of allylic oxidation sites excluding steroid dienone is 2. The highest BCUT2D eigenvalue weighted by Crippen LogP contribution is 2.22. The van der Waals surface area contributed by atoms with Gasteiger partial charge in [-0.15, -0.1) is 11.3 Å². The maximum absolute atomic E-state index is 12.6. The summed E-state index contributed by atoms with van der Waals surface area (Å²) < 4.78 is 32.5. The van der Waals surface area contributed by atoms with Crippen molar-refractivity contribution in [1.82, 2.24) is 9.21 Å². The minimum Gasteiger partial charge on any atom is -0.492 e. The van der Waals surface area contributed by atoms with Crippen molar-refractivity contribution in [3.63, 3.8) is 0 Å². The third kappa shape index (κ3) is 6.78. The highest BCUT2D eigenvalue weighted by Gasteiger charge is 2.33. The second kappa shape index (κ2) is 11.9. The third-order valence-corrected chi connectivity index (χ3v) is 8.78. The number of rotatable bonds is 10. The van der Waals surface area contributed by atoms with Crippen LogP contribution < -0.4 is 4.74 Å². The highest BCUT2D eigenvalue weighted by molar-refractivity contribution is 7.91. The average Bonchev–Trinajstić information content (AvgIpc) is 3.45. The Bertz CT molecular complexity index is 1330. The number of piperazine rings is 1. The van der Waals surface area contributed by atoms with E-state index in [9.17, 15) is 18.0 Å². The predicted octanol–water partition coefficient (Wildman–Crippen LogP) is 3.96. The van der Waals surface area contributed by atoms with E-state index in [1.165, 1.54) is 16.5 Å². The highest BCUT2D eigenvalue weighted by atomic mass is 32.2. The van der Waals surface area contributed by atoms with Gasteiger partial charge in [-0.05, 0) is 46.9 Å². The van der Waals surface area contributed by atoms with Crippen molar-refractivity contribution in [2.75, 3.05) is 32.8 Å². The average molecular weight is 523 g/mol. The molecule has 0 saturated carbocycles. The van der Waals surface area contributed by atoms with Gasteiger partial charge in [0, 0.05) is 13.1 Å². The molecule has 1 fully saturated rings. The molecule has 0 spiro atoms. The number of hydrogen-bond donors (Lipinski definition) is 0. The summed E-state index contributed by atoms with van der Waals surface area (Å²) in [6.45, 7) is 1.08. The molecular formula is C27H26N2O5S2. The second-order valence-corrected chi connectivity index (χ2v) is 11.2. The summed E-state index contributed by atoms with van der Waals surface area (Å²) in [6, 6.07) is 20.1. The van der Waals surface area contributed by atoms with Crippen LogP contribution in [0.2, 0.25) is 0 Å². The zero-order valence-electron chi connectivity index (χ0n) is 19.5. The molecule has 0 atom stereocenters. The molecule has 1 aliphatic heterocycles. The Labute approximate surface area is 215 Å². The van der Waals surface area contributed by atoms with Crippen LogP contribution in [0.3, 0.4) is 0 Å². The summed E-state index contributed by atoms with van der Waals surface area (Å²) in [5.41, 5.74) is 1.83. The maximum Gasteiger partial charge on any atom is 0.253 e. The fourth-order valence-electron chi connectivity index (χ4n) is 3.59. The van der Waals surface area contributed by atoms with E-state index in [2.05, 4.69) is 0 Å². The summed E-state index contributed by atoms with van der Waals surface area (Å²) in [5, 5.41) is 1.70. The summed E-state index contributed by atoms with van der Waals surface area (Å²) in [6.07, 6.45) is 6.56. The molecule has 1 saturated heterocycles. The Morgan fingerprint density at radius 1 is 0.917 bits per heavy atom. The first-order chi connectivity index (χ1) is 17.4. The lowest BCUT2D eigenvalue weighted by molar-refractivity contribution is -0.134. The summed E-state index contributed by atoms with van der Waals surface area (Å²) in [5.74, 6) is 0.303. The minimum atomic E-state index is -3.63. The van der Waals surface area contributed by atoms with Gasteiger partial charge in [0.05, 0.1) is 13.1 Å². The molecule has 0 radical (unpaired) electrons. The van der Waals surface area contributed by atoms with Crippen LogP contribution in [0, 0.1) is 0 Å². The Kier molecular flexibility index (Phi) is 8.48. The summed E-state index contributed by atoms with van der Waals surface area (Å²) in [7, 11) is -3.63. The van der Waals surface area contributed by atoms with Crippen molar-refractivity contribution in [2.24, 2.45) is 0 Å². The minimum absolute atomic E-state index is 0.105. The molecule has 4 rings (SSSR count). The lowest BCUT2D eigenvalue weighted by atomic mass is 10.1. The summed E-state index contributed by atoms with van der Waals surface area (Å²) >= 11 is 1.15. The topological polar surface area (TPSA) is 84.0 Å². The molecule has 2 heterocycles. The van der Waals surface area contributed by atoms with Crippen molar-refractivity contribution in [1.29, 1.82) is 0 Å². The quantitative estimate of drug-likeness (QED) is 0.377. The van der Waals surface area contributed by atoms with Gasteiger partial charge in [-0.2, -0.15) is 4.31 Å². The maximum atomic E-state index is 12.6. The van der Waals surface area contributed by atoms with Gasteiger partial charge in [-0.25, -0.2) is 8.42 Å². The number of carbonyl (C=O) groups is 2. The lowest BCUT2D eigenvalue weighted by Crippen LogP contribution is -2.52. The van der Waals surface area contributed by atoms with Crippen LogP contribution in [0.15, 0.2) is 88.5 Å². The fourth-order valence-corrected chi connectivity index (χ4v) is 6.12. The van der Waals surface area contributed by atoms with Crippen molar-refractivity contribution >= 4 is 45.2 Å². The number of sulfonamides is 1. The number of ether oxygens (including phenoxy) is 1. The molecule has 1 amide bonds. The number of ketones is 1. The van der Waals surface area contributed by atoms with Gasteiger partial charge < -0.3 is 9.64 Å². The van der Waals surface area contributed by atoms with Crippen LogP contribution in [0.25, 0.3) is 12.2 Å². The van der Waals surface area contributed by atoms with Gasteiger partial charge in [0.2, 0.25) is 5.91 Å². The molecule has 0 unspecified atom stereocenters. The van der Waals surface area contributed by atoms with Gasteiger partial charge in [-0.3, -0.25) is 9.59 Å². The van der Waals surface area contributed by atoms with E-state index in [0.29, 0.717) is 25.4 Å². The van der Waals surface area contributed by atoms with Crippen LogP contribution in [-0.2, 0) is 19.6 Å². The van der Waals surface area contributed by atoms with E-state index in [0.717, 1.165) is 22.5 Å². The number of benzene rings is 2. The molecule has 0 bridgehead atoms. The first kappa shape index (κ1) is 25.6. The van der Waals surface area contributed by atoms with Gasteiger partial charge >= 0.3 is 0 Å². The lowest BCUT2D eigenvalue weighted by Gasteiger charge is -2.33. The molecule has 186 valence electrons. The molecule has 3 aromatic rings. The van der Waals surface area contributed by atoms with Crippen LogP contribution in [0.4, 0.5) is 0 Å². The number of carbonyl (C=O) groups excluding carboxylic acids is 2. The van der Waals surface area contributed by atoms with Crippen LogP contribution in [-0.4, -0.2) is 62.1 Å². The Hall–Kier alpha value is -3.53. The predicted molar refractivity (Wildman–Crippen MR) is 141 cm³/mol. The largest absolute Gasteiger partial charge is 0.492 e. The van der Waals surface area contributed by atoms with Crippen molar-refractivity contribution in [3.8, 4) is 5.75 Å². The Morgan fingerprint density at radius 3 is 2.25 bits per heavy atom. The van der Waals surface area contributed by atoms with Crippen LogP contribution in [0.5, 0.6) is 5.75 Å². The molecule has 9 heteroatoms. The van der Waals surface area contributed by atoms with E-state index < -0.39 is 10.0 Å². The number of nitrogens with zero attached hydrogens (tertiary/aromatic N) is 2. The molecule has 0 aliphatic carbocycles. The van der Waals surface area contributed by atoms with Gasteiger partial charge in [0.15, 0.2) is 5.78 Å². The van der Waals surface area contributed by atoms with E-state index in [4.69, 9.17) is 4.74 Å². The molecule has 1 aromatic heterocycles. The molecular weight excluding hydrogens is 496 g/mol. The Balaban J connectivity index is 1.21. The van der Waals surface area contributed by atoms with E-state index in [-0.39, 0.29) is 29.0 Å². The van der Waals surface area contributed by atoms with Crippen LogP contribution in [0.1, 0.15) is 11.1 Å². The van der Waals surface area contributed by atoms with Gasteiger partial charge in [0.25, 0.3) is 10.0 Å². The monoisotopic (exact) mass is 522 g/mol. The van der Waals surface area contributed by atoms with E-state index >= 15 is 0 Å². The smallest absolute Gasteiger partial charge is 0.253 e. The first-order valence-corrected chi connectivity index (χ1v) is 13.7. The van der Waals surface area contributed by atoms with Gasteiger partial charge in [0.1, 0.15) is 16.6 Å². The number of amides is 1. The second-order valence-electron chi connectivity index (χ2n) is 8.05. The van der Waals surface area contributed by atoms with Crippen molar-refractivity contribution < 1.29 is 22.7 Å². The summed E-state index contributed by atoms with van der Waals surface area (Å²) in [4.78, 5) is 26.2. The molecule has 2 aromatic carbocycles. The first-order valence-electron chi connectivity index (χ1n) is 11.4. The number of thiophene rings is 1. The normalized spacial score (nSPS) is 15.1. The zero-order chi connectivity index (χ0) is 25.4. The van der Waals surface area contributed by atoms with Crippen LogP contribution >= 0.6 is 11.3 Å². The van der Waals surface area contributed by atoms with Crippen molar-refractivity contribution in [3.05, 3.63) is 95.4 Å². The SMILES string of the molecule is O=C(C=Cc1ccccc1)C=Cc1ccc(OCCN2CCN(S(=O)(=O)c3cccs3)CC2=O)cc1. The zero-order valence-corrected chi connectivity index (χ0v) is 21.2. The fraction of sp³-hybridized carbons (Fsp3) is 0.185. The Morgan fingerprint density at radius 2 is 1.61 bits per heavy atom. The third-order valence-electron chi connectivity index (χ3n) is 5.56. The molecule has 36 heavy (non-hydrogen) atoms. The molecule has 1 aliphatic rings. The van der Waals surface area contributed by atoms with E-state index in [1.54, 1.807) is 46.7 Å². The van der Waals surface area contributed by atoms with E-state index in [1.807, 2.05) is 42.5 Å². The molecule has 7 nitrogen and oxygen atoms in total. The van der Waals surface area contributed by atoms with Crippen molar-refractivity contribution in [2.45, 2.75) is 4.21 Å². The number of hydrogen-bond acceptors (Lipinski definition) is 6. The van der Waals surface area contributed by atoms with Gasteiger partial charge in [-0.1, -0.05) is 60.7 Å².